The summed E-state index contributed by atoms with van der Waals surface area (Å²) >= 11 is 0. The first-order valence-electron chi connectivity index (χ1n) is 7.41. The quantitative estimate of drug-likeness (QED) is 0.311. The van der Waals surface area contributed by atoms with Gasteiger partial charge in [-0.15, -0.1) is 0 Å². The molecule has 0 unspecified atom stereocenters. The molecule has 0 aromatic heterocycles. The minimum atomic E-state index is 0.628. The normalized spacial score (nSPS) is 11.1. The zero-order valence-corrected chi connectivity index (χ0v) is 11.5. The van der Waals surface area contributed by atoms with Crippen molar-refractivity contribution >= 4 is 6.29 Å². The summed E-state index contributed by atoms with van der Waals surface area (Å²) in [6.07, 6.45) is 21.3. The van der Waals surface area contributed by atoms with Crippen molar-refractivity contribution in [1.82, 2.24) is 0 Å². The van der Waals surface area contributed by atoms with Crippen LogP contribution in [0.15, 0.2) is 12.2 Å². The fraction of sp³-hybridized carbons (Fsp3) is 0.812. The fourth-order valence-electron chi connectivity index (χ4n) is 1.90. The third-order valence-electron chi connectivity index (χ3n) is 3.04. The summed E-state index contributed by atoms with van der Waals surface area (Å²) in [4.78, 5) is 9.97. The van der Waals surface area contributed by atoms with Crippen LogP contribution in [-0.2, 0) is 4.79 Å². The van der Waals surface area contributed by atoms with E-state index < -0.39 is 0 Å². The average Bonchev–Trinajstić information content (AvgIpc) is 2.35. The Hall–Kier alpha value is -0.590. The Labute approximate surface area is 108 Å². The van der Waals surface area contributed by atoms with Crippen molar-refractivity contribution in [2.24, 2.45) is 0 Å². The number of hydrogen-bond acceptors (Lipinski definition) is 1. The molecular weight excluding hydrogens is 208 g/mol. The van der Waals surface area contributed by atoms with Gasteiger partial charge in [-0.1, -0.05) is 64.0 Å². The van der Waals surface area contributed by atoms with Crippen LogP contribution < -0.4 is 0 Å². The zero-order chi connectivity index (χ0) is 12.6. The van der Waals surface area contributed by atoms with Crippen LogP contribution in [0.25, 0.3) is 0 Å². The third kappa shape index (κ3) is 15.4. The maximum Gasteiger partial charge on any atom is 0.198 e. The highest BCUT2D eigenvalue weighted by Gasteiger charge is 1.91. The largest absolute Gasteiger partial charge is 0.291 e. The van der Waals surface area contributed by atoms with E-state index >= 15 is 0 Å². The highest BCUT2D eigenvalue weighted by atomic mass is 16.1. The molecule has 17 heavy (non-hydrogen) atoms. The number of unbranched alkanes of at least 4 members (excludes halogenated alkanes) is 10. The molecule has 0 aliphatic carbocycles. The van der Waals surface area contributed by atoms with E-state index in [1.54, 1.807) is 0 Å². The van der Waals surface area contributed by atoms with E-state index in [0.717, 1.165) is 6.42 Å². The van der Waals surface area contributed by atoms with Gasteiger partial charge in [0.2, 0.25) is 0 Å². The van der Waals surface area contributed by atoms with Gasteiger partial charge in [0.15, 0.2) is 6.29 Å². The minimum absolute atomic E-state index is 0.628. The van der Waals surface area contributed by atoms with Crippen LogP contribution in [0.4, 0.5) is 0 Å². The van der Waals surface area contributed by atoms with Gasteiger partial charge < -0.3 is 0 Å². The topological polar surface area (TPSA) is 17.1 Å². The molecule has 0 rings (SSSR count). The van der Waals surface area contributed by atoms with Crippen LogP contribution >= 0.6 is 0 Å². The maximum atomic E-state index is 9.97. The first-order valence-corrected chi connectivity index (χ1v) is 7.41. The lowest BCUT2D eigenvalue weighted by molar-refractivity contribution is 0.540. The molecule has 99 valence electrons. The van der Waals surface area contributed by atoms with Crippen molar-refractivity contribution in [2.75, 3.05) is 0 Å². The highest BCUT2D eigenvalue weighted by molar-refractivity contribution is 5.50. The van der Waals surface area contributed by atoms with E-state index in [2.05, 4.69) is 19.1 Å². The first-order chi connectivity index (χ1) is 8.41. The van der Waals surface area contributed by atoms with Crippen molar-refractivity contribution in [3.8, 4) is 0 Å². The Morgan fingerprint density at radius 1 is 0.765 bits per heavy atom. The summed E-state index contributed by atoms with van der Waals surface area (Å²) < 4.78 is 0. The number of allylic oxidation sites excluding steroid dienone is 2. The molecule has 0 aromatic rings. The zero-order valence-electron chi connectivity index (χ0n) is 11.5. The van der Waals surface area contributed by atoms with Gasteiger partial charge in [0.05, 0.1) is 0 Å². The Morgan fingerprint density at radius 3 is 1.88 bits per heavy atom. The standard InChI is InChI=1S/C16H29O/c1-2-3-4-5-6-7-8-9-10-11-12-13-14-15-16-17/h5-6H,2-4,7-15H2,1H3/b6-5+. The second kappa shape index (κ2) is 15.4. The summed E-state index contributed by atoms with van der Waals surface area (Å²) in [6, 6.07) is 0. The monoisotopic (exact) mass is 237 g/mol. The Morgan fingerprint density at radius 2 is 1.29 bits per heavy atom. The molecule has 1 heteroatoms. The molecule has 0 spiro atoms. The SMILES string of the molecule is CCCC/C=C/CCCCCCCCC[C]=O. The molecule has 0 atom stereocenters. The molecule has 0 aliphatic heterocycles. The van der Waals surface area contributed by atoms with Crippen LogP contribution in [0.3, 0.4) is 0 Å². The van der Waals surface area contributed by atoms with Crippen LogP contribution in [0.2, 0.25) is 0 Å². The smallest absolute Gasteiger partial charge is 0.198 e. The Balaban J connectivity index is 2.98. The molecule has 0 bridgehead atoms. The van der Waals surface area contributed by atoms with E-state index in [1.165, 1.54) is 64.2 Å². The van der Waals surface area contributed by atoms with Crippen molar-refractivity contribution in [1.29, 1.82) is 0 Å². The molecule has 0 saturated carbocycles. The van der Waals surface area contributed by atoms with Crippen LogP contribution in [0.5, 0.6) is 0 Å². The summed E-state index contributed by atoms with van der Waals surface area (Å²) in [5.74, 6) is 0. The van der Waals surface area contributed by atoms with Crippen LogP contribution in [0, 0.1) is 0 Å². The van der Waals surface area contributed by atoms with E-state index in [4.69, 9.17) is 0 Å². The Bertz CT molecular complexity index is 172. The summed E-state index contributed by atoms with van der Waals surface area (Å²) in [6.45, 7) is 2.24. The second-order valence-corrected chi connectivity index (χ2v) is 4.77. The average molecular weight is 237 g/mol. The maximum absolute atomic E-state index is 9.97. The fourth-order valence-corrected chi connectivity index (χ4v) is 1.90. The van der Waals surface area contributed by atoms with Gasteiger partial charge in [0.1, 0.15) is 0 Å². The lowest BCUT2D eigenvalue weighted by Gasteiger charge is -1.99. The molecule has 0 aromatic carbocycles. The van der Waals surface area contributed by atoms with E-state index in [9.17, 15) is 4.79 Å². The van der Waals surface area contributed by atoms with E-state index in [0.29, 0.717) is 6.42 Å². The number of rotatable bonds is 13. The summed E-state index contributed by atoms with van der Waals surface area (Å²) in [7, 11) is 0. The Kier molecular flexibility index (Phi) is 14.9. The predicted octanol–water partition coefficient (Wildman–Crippen LogP) is 5.35. The molecule has 0 N–H and O–H groups in total. The molecule has 1 nitrogen and oxygen atoms in total. The van der Waals surface area contributed by atoms with Gasteiger partial charge in [-0.25, -0.2) is 0 Å². The molecule has 0 aliphatic rings. The van der Waals surface area contributed by atoms with E-state index in [1.807, 2.05) is 6.29 Å². The summed E-state index contributed by atoms with van der Waals surface area (Å²) in [5, 5.41) is 0. The molecular formula is C16H29O. The third-order valence-corrected chi connectivity index (χ3v) is 3.04. The van der Waals surface area contributed by atoms with Crippen LogP contribution in [-0.4, -0.2) is 6.29 Å². The first kappa shape index (κ1) is 16.4. The summed E-state index contributed by atoms with van der Waals surface area (Å²) in [5.41, 5.74) is 0. The molecule has 0 fully saturated rings. The lowest BCUT2D eigenvalue weighted by atomic mass is 10.1. The van der Waals surface area contributed by atoms with Gasteiger partial charge >= 0.3 is 0 Å². The molecule has 0 saturated heterocycles. The lowest BCUT2D eigenvalue weighted by Crippen LogP contribution is -1.81. The van der Waals surface area contributed by atoms with Crippen molar-refractivity contribution in [2.45, 2.75) is 84.0 Å². The molecule has 1 radical (unpaired) electrons. The van der Waals surface area contributed by atoms with Gasteiger partial charge in [-0.3, -0.25) is 4.79 Å². The highest BCUT2D eigenvalue weighted by Crippen LogP contribution is 2.09. The predicted molar refractivity (Wildman–Crippen MR) is 75.9 cm³/mol. The van der Waals surface area contributed by atoms with E-state index in [-0.39, 0.29) is 0 Å². The number of hydrogen-bond donors (Lipinski definition) is 0. The van der Waals surface area contributed by atoms with Crippen molar-refractivity contribution < 1.29 is 4.79 Å². The molecule has 0 amide bonds. The van der Waals surface area contributed by atoms with Gasteiger partial charge in [-0.05, 0) is 25.7 Å². The van der Waals surface area contributed by atoms with Crippen molar-refractivity contribution in [3.63, 3.8) is 0 Å². The van der Waals surface area contributed by atoms with Crippen molar-refractivity contribution in [3.05, 3.63) is 12.2 Å². The number of carbonyl (C=O) groups excluding carboxylic acids is 1. The van der Waals surface area contributed by atoms with Gasteiger partial charge in [0, 0.05) is 6.42 Å². The second-order valence-electron chi connectivity index (χ2n) is 4.77. The van der Waals surface area contributed by atoms with Gasteiger partial charge in [-0.2, -0.15) is 0 Å². The molecule has 0 heterocycles. The minimum Gasteiger partial charge on any atom is -0.291 e. The van der Waals surface area contributed by atoms with Crippen LogP contribution in [0.1, 0.15) is 84.0 Å². The van der Waals surface area contributed by atoms with Gasteiger partial charge in [0.25, 0.3) is 0 Å².